The fourth-order valence-corrected chi connectivity index (χ4v) is 3.66. The second-order valence-electron chi connectivity index (χ2n) is 7.58. The molecule has 0 spiro atoms. The van der Waals surface area contributed by atoms with Crippen molar-refractivity contribution >= 4 is 36.7 Å². The van der Waals surface area contributed by atoms with Gasteiger partial charge in [0, 0.05) is 0 Å². The van der Waals surface area contributed by atoms with Crippen LogP contribution in [-0.2, 0) is 23.4 Å². The van der Waals surface area contributed by atoms with Crippen molar-refractivity contribution in [2.24, 2.45) is 21.7 Å². The number of para-hydroxylation sites is 1. The minimum Gasteiger partial charge on any atom is -0.469 e. The molecule has 14 nitrogen and oxygen atoms in total. The number of anilines is 2. The molecule has 2 unspecified atom stereocenters. The van der Waals surface area contributed by atoms with Crippen molar-refractivity contribution in [2.45, 2.75) is 38.5 Å². The Balaban J connectivity index is 2.08. The Morgan fingerprint density at radius 3 is 2.59 bits per heavy atom. The van der Waals surface area contributed by atoms with Gasteiger partial charge in [0.05, 0.1) is 13.2 Å². The Kier molecular flexibility index (Phi) is 11.4. The highest BCUT2D eigenvalue weighted by Crippen LogP contribution is 2.48. The second kappa shape index (κ2) is 14.3. The highest BCUT2D eigenvalue weighted by atomic mass is 31.2. The van der Waals surface area contributed by atoms with E-state index in [1.165, 1.54) is 38.3 Å². The Hall–Kier alpha value is -3.55. The van der Waals surface area contributed by atoms with Gasteiger partial charge >= 0.3 is 7.82 Å². The number of amides is 1. The summed E-state index contributed by atoms with van der Waals surface area (Å²) in [5.41, 5.74) is 17.6. The number of carbonyl (C=O) groups is 1. The molecule has 0 aliphatic rings. The van der Waals surface area contributed by atoms with E-state index in [0.717, 1.165) is 12.8 Å². The molecule has 0 aliphatic carbocycles. The van der Waals surface area contributed by atoms with E-state index in [4.69, 9.17) is 35.7 Å². The lowest BCUT2D eigenvalue weighted by molar-refractivity contribution is -0.117. The zero-order valence-corrected chi connectivity index (χ0v) is 21.5. The van der Waals surface area contributed by atoms with Gasteiger partial charge in [0.25, 0.3) is 5.95 Å². The number of carbonyl (C=O) groups excluding carboxylic acids is 1. The molecule has 0 saturated carbocycles. The lowest BCUT2D eigenvalue weighted by Gasteiger charge is -2.19. The van der Waals surface area contributed by atoms with Gasteiger partial charge in [-0.3, -0.25) is 9.69 Å². The molecule has 1 aromatic heterocycles. The highest BCUT2D eigenvalue weighted by Gasteiger charge is 2.28. The maximum atomic E-state index is 12.4. The van der Waals surface area contributed by atoms with Crippen LogP contribution in [0.2, 0.25) is 0 Å². The largest absolute Gasteiger partial charge is 0.530 e. The van der Waals surface area contributed by atoms with E-state index in [-0.39, 0.29) is 34.7 Å². The van der Waals surface area contributed by atoms with E-state index < -0.39 is 26.1 Å². The van der Waals surface area contributed by atoms with Crippen LogP contribution < -0.4 is 27.0 Å². The molecule has 2 aromatic rings. The average molecular weight is 538 g/mol. The van der Waals surface area contributed by atoms with Crippen LogP contribution in [0.15, 0.2) is 59.2 Å². The summed E-state index contributed by atoms with van der Waals surface area (Å²) < 4.78 is 32.2. The summed E-state index contributed by atoms with van der Waals surface area (Å²) in [4.78, 5) is 26.4. The van der Waals surface area contributed by atoms with Gasteiger partial charge in [-0.2, -0.15) is 0 Å². The topological polar surface area (TPSA) is 219 Å². The van der Waals surface area contributed by atoms with Crippen LogP contribution in [0.25, 0.3) is 0 Å². The van der Waals surface area contributed by atoms with E-state index in [9.17, 15) is 14.3 Å². The number of hydrogen-bond donors (Lipinski definition) is 5. The number of azo groups is 1. The number of nitrogens with two attached hydrogens (primary N) is 3. The molecule has 37 heavy (non-hydrogen) atoms. The van der Waals surface area contributed by atoms with Crippen molar-refractivity contribution in [3.05, 3.63) is 48.9 Å². The van der Waals surface area contributed by atoms with Gasteiger partial charge in [-0.25, -0.2) is 14.1 Å². The maximum absolute atomic E-state index is 12.4. The quantitative estimate of drug-likeness (QED) is 0.0728. The third-order valence-corrected chi connectivity index (χ3v) is 5.60. The van der Waals surface area contributed by atoms with Crippen molar-refractivity contribution in [1.29, 1.82) is 0 Å². The highest BCUT2D eigenvalue weighted by molar-refractivity contribution is 7.47. The number of nitrogens with zero attached hydrogens (tertiary/aromatic N) is 3. The standard InChI is InChI=1S/C22H32N7O7P/c1-14(33-3)34-15(2)35-37(31,32)36-19-10-5-4-9-17(19)28-29-18-11-12-20(26-21(18)25)27-22(30)16(24)8-6-7-13-23/h4-5,9-12,15-16H,1,6-8,13,23-24H2,2-3H3,(H,31,32)(H3,25,26,27,30)/t15?,16-/m0/s1. The molecule has 1 aromatic carbocycles. The van der Waals surface area contributed by atoms with Crippen molar-refractivity contribution in [3.63, 3.8) is 0 Å². The molecule has 0 radical (unpaired) electrons. The van der Waals surface area contributed by atoms with E-state index in [0.29, 0.717) is 13.0 Å². The molecule has 3 atom stereocenters. The summed E-state index contributed by atoms with van der Waals surface area (Å²) in [5.74, 6) is -0.411. The molecule has 0 fully saturated rings. The van der Waals surface area contributed by atoms with Crippen LogP contribution in [0.4, 0.5) is 23.0 Å². The van der Waals surface area contributed by atoms with Crippen LogP contribution >= 0.6 is 7.82 Å². The Labute approximate surface area is 214 Å². The molecule has 15 heteroatoms. The molecule has 1 amide bonds. The fraction of sp³-hybridized carbons (Fsp3) is 0.364. The number of ether oxygens (including phenoxy) is 2. The Morgan fingerprint density at radius 2 is 1.92 bits per heavy atom. The molecule has 202 valence electrons. The van der Waals surface area contributed by atoms with Crippen molar-refractivity contribution < 1.29 is 32.8 Å². The third-order valence-electron chi connectivity index (χ3n) is 4.61. The van der Waals surface area contributed by atoms with Crippen molar-refractivity contribution in [1.82, 2.24) is 4.98 Å². The number of methoxy groups -OCH3 is 1. The number of benzene rings is 1. The van der Waals surface area contributed by atoms with Gasteiger partial charge in [-0.05, 0) is 57.2 Å². The number of pyridine rings is 1. The summed E-state index contributed by atoms with van der Waals surface area (Å²) in [5, 5.41) is 10.7. The monoisotopic (exact) mass is 537 g/mol. The molecule has 0 bridgehead atoms. The summed E-state index contributed by atoms with van der Waals surface area (Å²) >= 11 is 0. The van der Waals surface area contributed by atoms with Gasteiger partial charge in [-0.15, -0.1) is 10.2 Å². The zero-order valence-electron chi connectivity index (χ0n) is 20.6. The molecular weight excluding hydrogens is 505 g/mol. The maximum Gasteiger partial charge on any atom is 0.530 e. The normalized spacial score (nSPS) is 14.4. The number of unbranched alkanes of at least 4 members (excludes halogenated alkanes) is 1. The van der Waals surface area contributed by atoms with Crippen molar-refractivity contribution in [3.8, 4) is 5.75 Å². The van der Waals surface area contributed by atoms with Gasteiger partial charge in [0.1, 0.15) is 17.2 Å². The smallest absolute Gasteiger partial charge is 0.469 e. The summed E-state index contributed by atoms with van der Waals surface area (Å²) in [6, 6.07) is 8.36. The molecule has 1 heterocycles. The molecule has 2 rings (SSSR count). The Morgan fingerprint density at radius 1 is 1.22 bits per heavy atom. The van der Waals surface area contributed by atoms with E-state index in [2.05, 4.69) is 27.1 Å². The van der Waals surface area contributed by atoms with Crippen LogP contribution in [0.3, 0.4) is 0 Å². The molecule has 8 N–H and O–H groups in total. The van der Waals surface area contributed by atoms with Gasteiger partial charge in [-0.1, -0.05) is 18.6 Å². The molecule has 0 saturated heterocycles. The van der Waals surface area contributed by atoms with E-state index in [1.807, 2.05) is 0 Å². The van der Waals surface area contributed by atoms with Gasteiger partial charge in [0.15, 0.2) is 11.6 Å². The average Bonchev–Trinajstić information content (AvgIpc) is 2.83. The predicted molar refractivity (Wildman–Crippen MR) is 137 cm³/mol. The third kappa shape index (κ3) is 10.1. The zero-order chi connectivity index (χ0) is 27.4. The number of phosphoric acid groups is 1. The number of aromatic nitrogens is 1. The lowest BCUT2D eigenvalue weighted by Crippen LogP contribution is -2.35. The van der Waals surface area contributed by atoms with Crippen LogP contribution in [-0.4, -0.2) is 41.8 Å². The van der Waals surface area contributed by atoms with Crippen LogP contribution in [0.5, 0.6) is 5.75 Å². The lowest BCUT2D eigenvalue weighted by atomic mass is 10.1. The van der Waals surface area contributed by atoms with Crippen molar-refractivity contribution in [2.75, 3.05) is 24.7 Å². The first-order valence-electron chi connectivity index (χ1n) is 11.2. The summed E-state index contributed by atoms with van der Waals surface area (Å²) in [6.45, 7) is 5.33. The number of hydrogen-bond acceptors (Lipinski definition) is 12. The first kappa shape index (κ1) is 29.7. The first-order chi connectivity index (χ1) is 17.5. The molecule has 0 aliphatic heterocycles. The SMILES string of the molecule is C=C(OC)OC(C)OP(=O)(O)Oc1ccccc1N=Nc1ccc(NC(=O)[C@@H](N)CCCCN)nc1N. The predicted octanol–water partition coefficient (Wildman–Crippen LogP) is 3.45. The van der Waals surface area contributed by atoms with Gasteiger partial charge in [0.2, 0.25) is 12.2 Å². The summed E-state index contributed by atoms with van der Waals surface area (Å²) in [7, 11) is -3.31. The number of phosphoric ester groups is 1. The fourth-order valence-electron chi connectivity index (χ4n) is 2.79. The van der Waals surface area contributed by atoms with E-state index >= 15 is 0 Å². The Bertz CT molecular complexity index is 1150. The minimum absolute atomic E-state index is 0.0165. The van der Waals surface area contributed by atoms with Crippen LogP contribution in [0.1, 0.15) is 26.2 Å². The number of rotatable bonds is 15. The molecular formula is C22H32N7O7P. The summed E-state index contributed by atoms with van der Waals surface area (Å²) in [6.07, 6.45) is 0.815. The van der Waals surface area contributed by atoms with Gasteiger partial charge < -0.3 is 36.5 Å². The second-order valence-corrected chi connectivity index (χ2v) is 8.91. The first-order valence-corrected chi connectivity index (χ1v) is 12.7. The van der Waals surface area contributed by atoms with Crippen LogP contribution in [0, 0.1) is 0 Å². The minimum atomic E-state index is -4.62. The number of nitrogen functional groups attached to an aromatic ring is 1. The number of nitrogens with one attached hydrogen (secondary N) is 1. The van der Waals surface area contributed by atoms with E-state index in [1.54, 1.807) is 12.1 Å².